The van der Waals surface area contributed by atoms with E-state index < -0.39 is 23.5 Å². The van der Waals surface area contributed by atoms with Gasteiger partial charge in [-0.15, -0.1) is 0 Å². The normalized spacial score (nSPS) is 11.0. The van der Waals surface area contributed by atoms with E-state index in [0.717, 1.165) is 25.6 Å². The van der Waals surface area contributed by atoms with E-state index in [1.54, 1.807) is 41.7 Å². The minimum Gasteiger partial charge on any atom is -0.380 e. The monoisotopic (exact) mass is 668 g/mol. The number of aromatic nitrogens is 3. The van der Waals surface area contributed by atoms with Gasteiger partial charge in [-0.05, 0) is 49.9 Å². The molecule has 0 radical (unpaired) electrons. The number of hydrogen-bond donors (Lipinski definition) is 5. The van der Waals surface area contributed by atoms with Crippen molar-refractivity contribution in [2.75, 3.05) is 55.8 Å². The van der Waals surface area contributed by atoms with Gasteiger partial charge in [-0.3, -0.25) is 19.2 Å². The maximum absolute atomic E-state index is 14.1. The van der Waals surface area contributed by atoms with Crippen molar-refractivity contribution in [3.05, 3.63) is 88.5 Å². The lowest BCUT2D eigenvalue weighted by atomic mass is 10.2. The van der Waals surface area contributed by atoms with Gasteiger partial charge >= 0.3 is 0 Å². The molecule has 0 bridgehead atoms. The van der Waals surface area contributed by atoms with E-state index in [1.807, 2.05) is 7.05 Å². The van der Waals surface area contributed by atoms with Crippen molar-refractivity contribution in [3.8, 4) is 0 Å². The molecule has 0 saturated heterocycles. The van der Waals surface area contributed by atoms with Crippen molar-refractivity contribution < 1.29 is 28.3 Å². The Labute approximate surface area is 276 Å². The first kappa shape index (κ1) is 34.9. The Kier molecular flexibility index (Phi) is 11.9. The second-order valence-electron chi connectivity index (χ2n) is 10.9. The highest BCUT2D eigenvalue weighted by Crippen LogP contribution is 2.20. The van der Waals surface area contributed by atoms with Gasteiger partial charge in [0.05, 0.1) is 29.2 Å². The summed E-state index contributed by atoms with van der Waals surface area (Å²) in [4.78, 5) is 56.0. The molecule has 1 aromatic carbocycles. The van der Waals surface area contributed by atoms with Crippen molar-refractivity contribution in [2.45, 2.75) is 13.3 Å². The van der Waals surface area contributed by atoms with Gasteiger partial charge < -0.3 is 45.0 Å². The third-order valence-corrected chi connectivity index (χ3v) is 7.33. The largest absolute Gasteiger partial charge is 0.380 e. The van der Waals surface area contributed by atoms with Crippen LogP contribution in [0.4, 0.5) is 21.5 Å². The van der Waals surface area contributed by atoms with E-state index in [0.29, 0.717) is 36.8 Å². The van der Waals surface area contributed by atoms with Crippen LogP contribution in [0.25, 0.3) is 0 Å². The molecule has 0 atom stereocenters. The molecule has 0 aliphatic rings. The summed E-state index contributed by atoms with van der Waals surface area (Å²) in [6, 6.07) is 8.17. The number of rotatable bonds is 15. The molecule has 47 heavy (non-hydrogen) atoms. The van der Waals surface area contributed by atoms with E-state index in [4.69, 9.17) is 16.3 Å². The third kappa shape index (κ3) is 9.54. The maximum Gasteiger partial charge on any atom is 0.272 e. The van der Waals surface area contributed by atoms with Crippen LogP contribution in [0.2, 0.25) is 5.02 Å². The number of amides is 4. The summed E-state index contributed by atoms with van der Waals surface area (Å²) in [7, 11) is 5.33. The predicted molar refractivity (Wildman–Crippen MR) is 178 cm³/mol. The lowest BCUT2D eigenvalue weighted by molar-refractivity contribution is 0.0930. The Hall–Kier alpha value is -4.92. The fourth-order valence-electron chi connectivity index (χ4n) is 4.61. The maximum atomic E-state index is 14.1. The number of carbonyl (C=O) groups is 4. The number of hydrogen-bond acceptors (Lipinski definition) is 6. The predicted octanol–water partition coefficient (Wildman–Crippen LogP) is 4.33. The van der Waals surface area contributed by atoms with E-state index in [2.05, 4.69) is 38.1 Å². The minimum absolute atomic E-state index is 0.120. The molecule has 0 aliphatic heterocycles. The molecular formula is C32H38ClFN8O5. The molecule has 0 spiro atoms. The molecular weight excluding hydrogens is 631 g/mol. The lowest BCUT2D eigenvalue weighted by Gasteiger charge is -2.16. The summed E-state index contributed by atoms with van der Waals surface area (Å²) in [5.74, 6) is -2.73. The van der Waals surface area contributed by atoms with Gasteiger partial charge in [0.15, 0.2) is 0 Å². The van der Waals surface area contributed by atoms with Crippen molar-refractivity contribution in [3.63, 3.8) is 0 Å². The van der Waals surface area contributed by atoms with Crippen LogP contribution >= 0.6 is 11.6 Å². The Morgan fingerprint density at radius 2 is 1.49 bits per heavy atom. The molecule has 4 amide bonds. The average Bonchev–Trinajstić information content (AvgIpc) is 3.73. The SMILES string of the molecule is CCCOCCN(C)CCNC(=O)c1cc(NC(=O)c2cc(NC(=O)c3cc(NC(=O)c4ccc(Cl)cc4F)c[nH]3)cn2C)cn1C. The molecule has 0 unspecified atom stereocenters. The first-order valence-electron chi connectivity index (χ1n) is 14.9. The first-order chi connectivity index (χ1) is 22.4. The average molecular weight is 669 g/mol. The van der Waals surface area contributed by atoms with Crippen LogP contribution < -0.4 is 21.3 Å². The molecule has 5 N–H and O–H groups in total. The van der Waals surface area contributed by atoms with E-state index in [9.17, 15) is 23.6 Å². The fourth-order valence-corrected chi connectivity index (χ4v) is 4.77. The number of H-pyrrole nitrogens is 1. The summed E-state index contributed by atoms with van der Waals surface area (Å²) in [5.41, 5.74) is 1.59. The van der Waals surface area contributed by atoms with Crippen LogP contribution in [0.3, 0.4) is 0 Å². The van der Waals surface area contributed by atoms with Crippen molar-refractivity contribution in [2.24, 2.45) is 14.1 Å². The molecule has 4 rings (SSSR count). The summed E-state index contributed by atoms with van der Waals surface area (Å²) in [6.07, 6.45) is 5.57. The summed E-state index contributed by atoms with van der Waals surface area (Å²) < 4.78 is 22.8. The quantitative estimate of drug-likeness (QED) is 0.119. The van der Waals surface area contributed by atoms with E-state index in [-0.39, 0.29) is 33.6 Å². The molecule has 4 aromatic rings. The molecule has 3 heterocycles. The van der Waals surface area contributed by atoms with Gasteiger partial charge in [-0.25, -0.2) is 4.39 Å². The van der Waals surface area contributed by atoms with E-state index >= 15 is 0 Å². The summed E-state index contributed by atoms with van der Waals surface area (Å²) >= 11 is 5.74. The first-order valence-corrected chi connectivity index (χ1v) is 15.3. The minimum atomic E-state index is -0.774. The van der Waals surface area contributed by atoms with Crippen LogP contribution in [0.15, 0.2) is 55.0 Å². The van der Waals surface area contributed by atoms with Crippen molar-refractivity contribution in [1.82, 2.24) is 24.3 Å². The molecule has 250 valence electrons. The Morgan fingerprint density at radius 3 is 2.15 bits per heavy atom. The number of aromatic amines is 1. The second-order valence-corrected chi connectivity index (χ2v) is 11.3. The zero-order chi connectivity index (χ0) is 34.1. The lowest BCUT2D eigenvalue weighted by Crippen LogP contribution is -2.35. The number of likely N-dealkylation sites (N-methyl/N-ethyl adjacent to an activating group) is 1. The molecule has 13 nitrogen and oxygen atoms in total. The van der Waals surface area contributed by atoms with Crippen LogP contribution in [-0.2, 0) is 18.8 Å². The van der Waals surface area contributed by atoms with Gasteiger partial charge in [0.1, 0.15) is 22.9 Å². The number of anilines is 3. The third-order valence-electron chi connectivity index (χ3n) is 7.10. The van der Waals surface area contributed by atoms with Crippen molar-refractivity contribution in [1.29, 1.82) is 0 Å². The number of halogens is 2. The van der Waals surface area contributed by atoms with Crippen LogP contribution in [0.1, 0.15) is 55.2 Å². The number of benzene rings is 1. The standard InChI is InChI=1S/C32H38ClFN8O5/c1-5-11-47-12-10-40(2)9-8-35-31(45)27-15-23(19-41(27)3)39-32(46)28-16-22(18-42(28)4)38-30(44)26-14-21(17-36-26)37-29(43)24-7-6-20(33)13-25(24)34/h6-7,13-19,36H,5,8-12H2,1-4H3,(H,35,45)(H,37,43)(H,38,44)(H,39,46). The topological polar surface area (TPSA) is 155 Å². The zero-order valence-electron chi connectivity index (χ0n) is 26.6. The highest BCUT2D eigenvalue weighted by molar-refractivity contribution is 6.30. The second kappa shape index (κ2) is 16.1. The van der Waals surface area contributed by atoms with Crippen molar-refractivity contribution >= 4 is 52.3 Å². The Morgan fingerprint density at radius 1 is 0.851 bits per heavy atom. The number of carbonyl (C=O) groups excluding carboxylic acids is 4. The number of ether oxygens (including phenoxy) is 1. The molecule has 0 aliphatic carbocycles. The number of nitrogens with one attached hydrogen (secondary N) is 5. The van der Waals surface area contributed by atoms with Crippen LogP contribution in [-0.4, -0.2) is 82.5 Å². The van der Waals surface area contributed by atoms with E-state index in [1.165, 1.54) is 30.5 Å². The van der Waals surface area contributed by atoms with Gasteiger partial charge in [-0.2, -0.15) is 0 Å². The fraction of sp³-hybridized carbons (Fsp3) is 0.312. The molecule has 3 aromatic heterocycles. The molecule has 0 saturated carbocycles. The molecule has 15 heteroatoms. The smallest absolute Gasteiger partial charge is 0.272 e. The highest BCUT2D eigenvalue weighted by Gasteiger charge is 2.19. The Bertz CT molecular complexity index is 1750. The number of aryl methyl sites for hydroxylation is 2. The Balaban J connectivity index is 1.29. The summed E-state index contributed by atoms with van der Waals surface area (Å²) in [6.45, 7) is 5.31. The van der Waals surface area contributed by atoms with Crippen LogP contribution in [0, 0.1) is 5.82 Å². The number of nitrogens with zero attached hydrogens (tertiary/aromatic N) is 3. The van der Waals surface area contributed by atoms with Gasteiger partial charge in [0, 0.05) is 63.9 Å². The molecule has 0 fully saturated rings. The van der Waals surface area contributed by atoms with Gasteiger partial charge in [0.25, 0.3) is 23.6 Å². The highest BCUT2D eigenvalue weighted by atomic mass is 35.5. The van der Waals surface area contributed by atoms with Gasteiger partial charge in [-0.1, -0.05) is 18.5 Å². The van der Waals surface area contributed by atoms with Crippen LogP contribution in [0.5, 0.6) is 0 Å². The van der Waals surface area contributed by atoms with Gasteiger partial charge in [0.2, 0.25) is 0 Å². The summed E-state index contributed by atoms with van der Waals surface area (Å²) in [5, 5.41) is 11.1. The zero-order valence-corrected chi connectivity index (χ0v) is 27.3.